The molecule has 0 aliphatic rings. The highest BCUT2D eigenvalue weighted by Crippen LogP contribution is 2.14. The highest BCUT2D eigenvalue weighted by molar-refractivity contribution is 6.05. The topological polar surface area (TPSA) is 46.2 Å². The summed E-state index contributed by atoms with van der Waals surface area (Å²) in [5.41, 5.74) is 3.60. The molecule has 0 aromatic heterocycles. The van der Waals surface area contributed by atoms with Crippen LogP contribution in [0.3, 0.4) is 0 Å². The summed E-state index contributed by atoms with van der Waals surface area (Å²) in [4.78, 5) is 22.5. The Kier molecular flexibility index (Phi) is 5.27. The summed E-state index contributed by atoms with van der Waals surface area (Å²) >= 11 is 0. The first kappa shape index (κ1) is 15.0. The van der Waals surface area contributed by atoms with Crippen LogP contribution in [0.15, 0.2) is 48.5 Å². The van der Waals surface area contributed by atoms with Crippen LogP contribution < -0.4 is 5.32 Å². The largest absolute Gasteiger partial charge is 0.322 e. The van der Waals surface area contributed by atoms with Gasteiger partial charge in [-0.15, -0.1) is 0 Å². The van der Waals surface area contributed by atoms with Crippen LogP contribution in [0.1, 0.15) is 34.3 Å². The number of benzene rings is 2. The molecule has 2 aromatic carbocycles. The lowest BCUT2D eigenvalue weighted by molar-refractivity contribution is -0.107. The van der Waals surface area contributed by atoms with Crippen LogP contribution >= 0.6 is 0 Å². The van der Waals surface area contributed by atoms with E-state index in [0.717, 1.165) is 30.4 Å². The Morgan fingerprint density at radius 1 is 1.10 bits per heavy atom. The predicted octanol–water partition coefficient (Wildman–Crippen LogP) is 3.77. The molecule has 3 nitrogen and oxygen atoms in total. The highest BCUT2D eigenvalue weighted by atomic mass is 16.1. The van der Waals surface area contributed by atoms with Gasteiger partial charge in [-0.25, -0.2) is 0 Å². The van der Waals surface area contributed by atoms with Gasteiger partial charge in [-0.1, -0.05) is 30.3 Å². The predicted molar refractivity (Wildman–Crippen MR) is 84.6 cm³/mol. The number of aldehydes is 1. The Bertz CT molecular complexity index is 617. The summed E-state index contributed by atoms with van der Waals surface area (Å²) in [6, 6.07) is 15.3. The van der Waals surface area contributed by atoms with Crippen LogP contribution in [-0.2, 0) is 11.2 Å². The fraction of sp³-hybridized carbons (Fsp3) is 0.222. The Balaban J connectivity index is 1.98. The first-order chi connectivity index (χ1) is 10.2. The maximum Gasteiger partial charge on any atom is 0.255 e. The first-order valence-corrected chi connectivity index (χ1v) is 7.10. The van der Waals surface area contributed by atoms with Crippen LogP contribution in [0.25, 0.3) is 0 Å². The second kappa shape index (κ2) is 7.39. The lowest BCUT2D eigenvalue weighted by atomic mass is 10.1. The van der Waals surface area contributed by atoms with Crippen LogP contribution in [0.5, 0.6) is 0 Å². The second-order valence-corrected chi connectivity index (χ2v) is 5.02. The molecule has 1 amide bonds. The van der Waals surface area contributed by atoms with E-state index in [2.05, 4.69) is 5.32 Å². The van der Waals surface area contributed by atoms with E-state index in [4.69, 9.17) is 0 Å². The van der Waals surface area contributed by atoms with Gasteiger partial charge in [-0.2, -0.15) is 0 Å². The van der Waals surface area contributed by atoms with Crippen LogP contribution in [0.2, 0.25) is 0 Å². The zero-order valence-electron chi connectivity index (χ0n) is 12.1. The number of carbonyl (C=O) groups excluding carboxylic acids is 2. The van der Waals surface area contributed by atoms with Crippen molar-refractivity contribution < 1.29 is 9.59 Å². The van der Waals surface area contributed by atoms with Crippen LogP contribution in [0, 0.1) is 6.92 Å². The van der Waals surface area contributed by atoms with Crippen LogP contribution in [-0.4, -0.2) is 12.2 Å². The van der Waals surface area contributed by atoms with Gasteiger partial charge in [0.1, 0.15) is 6.29 Å². The first-order valence-electron chi connectivity index (χ1n) is 7.10. The molecule has 0 radical (unpaired) electrons. The number of nitrogens with one attached hydrogen (secondary N) is 1. The van der Waals surface area contributed by atoms with Crippen molar-refractivity contribution in [3.8, 4) is 0 Å². The van der Waals surface area contributed by atoms with Gasteiger partial charge in [0.2, 0.25) is 0 Å². The smallest absolute Gasteiger partial charge is 0.255 e. The van der Waals surface area contributed by atoms with Crippen molar-refractivity contribution in [2.24, 2.45) is 0 Å². The molecule has 0 spiro atoms. The molecule has 0 saturated carbocycles. The van der Waals surface area contributed by atoms with Crippen molar-refractivity contribution in [2.45, 2.75) is 26.2 Å². The molecule has 2 rings (SSSR count). The van der Waals surface area contributed by atoms with Gasteiger partial charge < -0.3 is 10.1 Å². The lowest BCUT2D eigenvalue weighted by Gasteiger charge is -2.08. The number of amides is 1. The minimum absolute atomic E-state index is 0.0956. The molecule has 0 aliphatic heterocycles. The zero-order valence-corrected chi connectivity index (χ0v) is 12.1. The Labute approximate surface area is 125 Å². The molecule has 0 fully saturated rings. The Morgan fingerprint density at radius 2 is 1.81 bits per heavy atom. The molecule has 108 valence electrons. The highest BCUT2D eigenvalue weighted by Gasteiger charge is 2.08. The number of carbonyl (C=O) groups is 2. The second-order valence-electron chi connectivity index (χ2n) is 5.02. The van der Waals surface area contributed by atoms with E-state index in [9.17, 15) is 9.59 Å². The van der Waals surface area contributed by atoms with E-state index in [0.29, 0.717) is 12.0 Å². The molecule has 2 aromatic rings. The summed E-state index contributed by atoms with van der Waals surface area (Å²) in [6.07, 6.45) is 3.27. The maximum absolute atomic E-state index is 12.2. The van der Waals surface area contributed by atoms with E-state index >= 15 is 0 Å². The SMILES string of the molecule is Cc1ccccc1C(=O)Nc1ccc(CCCC=O)cc1. The molecule has 3 heteroatoms. The Hall–Kier alpha value is -2.42. The molecule has 21 heavy (non-hydrogen) atoms. The number of unbranched alkanes of at least 4 members (excludes halogenated alkanes) is 1. The molecule has 1 N–H and O–H groups in total. The van der Waals surface area contributed by atoms with Crippen molar-refractivity contribution >= 4 is 17.9 Å². The number of aryl methyl sites for hydroxylation is 2. The third-order valence-electron chi connectivity index (χ3n) is 3.39. The fourth-order valence-corrected chi connectivity index (χ4v) is 2.17. The normalized spacial score (nSPS) is 10.1. The van der Waals surface area contributed by atoms with E-state index < -0.39 is 0 Å². The fourth-order valence-electron chi connectivity index (χ4n) is 2.17. The van der Waals surface area contributed by atoms with Crippen LogP contribution in [0.4, 0.5) is 5.69 Å². The minimum atomic E-state index is -0.0956. The standard InChI is InChI=1S/C18H19NO2/c1-14-6-2-3-8-17(14)18(21)19-16-11-9-15(10-12-16)7-4-5-13-20/h2-3,6,8-13H,4-5,7H2,1H3,(H,19,21). The summed E-state index contributed by atoms with van der Waals surface area (Å²) in [5.74, 6) is -0.0956. The summed E-state index contributed by atoms with van der Waals surface area (Å²) in [5, 5.41) is 2.90. The Morgan fingerprint density at radius 3 is 2.48 bits per heavy atom. The van der Waals surface area contributed by atoms with Gasteiger partial charge >= 0.3 is 0 Å². The summed E-state index contributed by atoms with van der Waals surface area (Å²) in [6.45, 7) is 1.92. The molecular weight excluding hydrogens is 262 g/mol. The van der Waals surface area contributed by atoms with Crippen molar-refractivity contribution in [2.75, 3.05) is 5.32 Å². The molecule has 0 saturated heterocycles. The van der Waals surface area contributed by atoms with Crippen molar-refractivity contribution in [3.05, 3.63) is 65.2 Å². The van der Waals surface area contributed by atoms with E-state index in [1.54, 1.807) is 0 Å². The van der Waals surface area contributed by atoms with E-state index in [1.807, 2.05) is 55.5 Å². The van der Waals surface area contributed by atoms with Crippen molar-refractivity contribution in [1.82, 2.24) is 0 Å². The lowest BCUT2D eigenvalue weighted by Crippen LogP contribution is -2.13. The molecular formula is C18H19NO2. The van der Waals surface area contributed by atoms with Crippen molar-refractivity contribution in [3.63, 3.8) is 0 Å². The number of anilines is 1. The maximum atomic E-state index is 12.2. The van der Waals surface area contributed by atoms with Crippen molar-refractivity contribution in [1.29, 1.82) is 0 Å². The van der Waals surface area contributed by atoms with Gasteiger partial charge in [-0.05, 0) is 49.1 Å². The number of hydrogen-bond acceptors (Lipinski definition) is 2. The van der Waals surface area contributed by atoms with E-state index in [-0.39, 0.29) is 5.91 Å². The summed E-state index contributed by atoms with van der Waals surface area (Å²) in [7, 11) is 0. The zero-order chi connectivity index (χ0) is 15.1. The minimum Gasteiger partial charge on any atom is -0.322 e. The average molecular weight is 281 g/mol. The number of hydrogen-bond donors (Lipinski definition) is 1. The quantitative estimate of drug-likeness (QED) is 0.647. The van der Waals surface area contributed by atoms with Gasteiger partial charge in [0.15, 0.2) is 0 Å². The third-order valence-corrected chi connectivity index (χ3v) is 3.39. The molecule has 0 atom stereocenters. The third kappa shape index (κ3) is 4.28. The van der Waals surface area contributed by atoms with Gasteiger partial charge in [0.05, 0.1) is 0 Å². The molecule has 0 unspecified atom stereocenters. The summed E-state index contributed by atoms with van der Waals surface area (Å²) < 4.78 is 0. The van der Waals surface area contributed by atoms with Gasteiger partial charge in [0, 0.05) is 17.7 Å². The number of rotatable bonds is 6. The van der Waals surface area contributed by atoms with Gasteiger partial charge in [0.25, 0.3) is 5.91 Å². The molecule has 0 bridgehead atoms. The molecule has 0 aliphatic carbocycles. The molecule has 0 heterocycles. The average Bonchev–Trinajstić information content (AvgIpc) is 2.49. The monoisotopic (exact) mass is 281 g/mol. The van der Waals surface area contributed by atoms with E-state index in [1.165, 1.54) is 5.56 Å². The van der Waals surface area contributed by atoms with Gasteiger partial charge in [-0.3, -0.25) is 4.79 Å².